The molecule has 1 aliphatic heterocycles. The molecule has 1 aliphatic rings. The van der Waals surface area contributed by atoms with Gasteiger partial charge in [-0.05, 0) is 48.1 Å². The number of aromatic carboxylic acids is 1. The van der Waals surface area contributed by atoms with E-state index in [-0.39, 0.29) is 23.8 Å². The summed E-state index contributed by atoms with van der Waals surface area (Å²) in [5, 5.41) is 20.5. The Morgan fingerprint density at radius 1 is 1.07 bits per heavy atom. The average molecular weight is 388 g/mol. The summed E-state index contributed by atoms with van der Waals surface area (Å²) in [6.07, 6.45) is 0.909. The normalized spacial score (nSPS) is 16.1. The first kappa shape index (κ1) is 19.4. The van der Waals surface area contributed by atoms with Gasteiger partial charge in [-0.25, -0.2) is 4.79 Å². The van der Waals surface area contributed by atoms with Crippen LogP contribution in [0.5, 0.6) is 0 Å². The molecule has 142 valence electrons. The molecule has 1 atom stereocenters. The minimum atomic E-state index is -1.02. The monoisotopic (exact) mass is 387 g/mol. The van der Waals surface area contributed by atoms with E-state index in [1.165, 1.54) is 6.07 Å². The van der Waals surface area contributed by atoms with Gasteiger partial charge in [0.05, 0.1) is 18.1 Å². The fourth-order valence-corrected chi connectivity index (χ4v) is 3.68. The highest BCUT2D eigenvalue weighted by Gasteiger charge is 2.28. The van der Waals surface area contributed by atoms with Crippen molar-refractivity contribution < 1.29 is 19.8 Å². The molecule has 6 heteroatoms. The van der Waals surface area contributed by atoms with Crippen molar-refractivity contribution in [1.29, 1.82) is 0 Å². The molecule has 0 aromatic heterocycles. The summed E-state index contributed by atoms with van der Waals surface area (Å²) in [6.45, 7) is 1.12. The van der Waals surface area contributed by atoms with E-state index in [1.807, 2.05) is 12.1 Å². The van der Waals surface area contributed by atoms with Gasteiger partial charge in [-0.15, -0.1) is 0 Å². The Morgan fingerprint density at radius 3 is 2.33 bits per heavy atom. The number of hydrogen-bond acceptors (Lipinski definition) is 3. The summed E-state index contributed by atoms with van der Waals surface area (Å²) in [6, 6.07) is 13.8. The summed E-state index contributed by atoms with van der Waals surface area (Å²) < 4.78 is 0. The number of benzene rings is 2. The molecule has 2 aromatic rings. The third-order valence-corrected chi connectivity index (χ3v) is 5.39. The van der Waals surface area contributed by atoms with Gasteiger partial charge in [0.1, 0.15) is 0 Å². The van der Waals surface area contributed by atoms with Crippen molar-refractivity contribution in [2.24, 2.45) is 5.92 Å². The molecule has 5 nitrogen and oxygen atoms in total. The second-order valence-corrected chi connectivity index (χ2v) is 7.29. The standard InChI is InChI=1S/C21H22ClNO4/c22-17-7-5-14(6-8-17)20(25)15-9-11-23(12-10-15)19(24)13-16-3-1-2-4-18(16)21(26)27/h1-8,15,20,25H,9-13H2,(H,26,27). The molecular formula is C21H22ClNO4. The van der Waals surface area contributed by atoms with Gasteiger partial charge in [-0.3, -0.25) is 4.79 Å². The summed E-state index contributed by atoms with van der Waals surface area (Å²) >= 11 is 5.89. The minimum Gasteiger partial charge on any atom is -0.478 e. The van der Waals surface area contributed by atoms with Crippen molar-refractivity contribution in [3.05, 3.63) is 70.2 Å². The van der Waals surface area contributed by atoms with E-state index < -0.39 is 12.1 Å². The van der Waals surface area contributed by atoms with Gasteiger partial charge in [0.2, 0.25) is 5.91 Å². The van der Waals surface area contributed by atoms with Crippen LogP contribution in [-0.4, -0.2) is 40.1 Å². The number of aliphatic hydroxyl groups is 1. The Kier molecular flexibility index (Phi) is 6.14. The lowest BCUT2D eigenvalue weighted by Gasteiger charge is -2.34. The molecule has 1 saturated heterocycles. The highest BCUT2D eigenvalue weighted by Crippen LogP contribution is 2.31. The number of amides is 1. The smallest absolute Gasteiger partial charge is 0.335 e. The quantitative estimate of drug-likeness (QED) is 0.822. The maximum Gasteiger partial charge on any atom is 0.335 e. The molecular weight excluding hydrogens is 366 g/mol. The van der Waals surface area contributed by atoms with Gasteiger partial charge in [0.25, 0.3) is 0 Å². The Labute approximate surface area is 163 Å². The first-order valence-corrected chi connectivity index (χ1v) is 9.36. The molecule has 1 heterocycles. The second-order valence-electron chi connectivity index (χ2n) is 6.85. The van der Waals surface area contributed by atoms with Crippen molar-refractivity contribution in [3.8, 4) is 0 Å². The first-order valence-electron chi connectivity index (χ1n) is 8.98. The van der Waals surface area contributed by atoms with Crippen LogP contribution >= 0.6 is 11.6 Å². The predicted molar refractivity (Wildman–Crippen MR) is 103 cm³/mol. The zero-order valence-corrected chi connectivity index (χ0v) is 15.6. The van der Waals surface area contributed by atoms with Gasteiger partial charge in [-0.2, -0.15) is 0 Å². The molecule has 1 unspecified atom stereocenters. The Balaban J connectivity index is 1.58. The Hall–Kier alpha value is -2.37. The molecule has 0 spiro atoms. The van der Waals surface area contributed by atoms with Crippen LogP contribution in [0.25, 0.3) is 0 Å². The van der Waals surface area contributed by atoms with E-state index in [4.69, 9.17) is 11.6 Å². The van der Waals surface area contributed by atoms with Gasteiger partial charge in [-0.1, -0.05) is 41.9 Å². The van der Waals surface area contributed by atoms with Crippen LogP contribution < -0.4 is 0 Å². The predicted octanol–water partition coefficient (Wildman–Crippen LogP) is 3.55. The van der Waals surface area contributed by atoms with Crippen LogP contribution in [0.1, 0.15) is 40.4 Å². The highest BCUT2D eigenvalue weighted by molar-refractivity contribution is 6.30. The van der Waals surface area contributed by atoms with E-state index in [1.54, 1.807) is 35.2 Å². The van der Waals surface area contributed by atoms with Crippen molar-refractivity contribution in [1.82, 2.24) is 4.90 Å². The number of likely N-dealkylation sites (tertiary alicyclic amines) is 1. The third kappa shape index (κ3) is 4.67. The molecule has 2 aromatic carbocycles. The van der Waals surface area contributed by atoms with Gasteiger partial charge in [0.15, 0.2) is 0 Å². The molecule has 0 aliphatic carbocycles. The molecule has 27 heavy (non-hydrogen) atoms. The van der Waals surface area contributed by atoms with Crippen LogP contribution in [0, 0.1) is 5.92 Å². The molecule has 0 radical (unpaired) electrons. The van der Waals surface area contributed by atoms with E-state index >= 15 is 0 Å². The molecule has 1 amide bonds. The number of aliphatic hydroxyl groups excluding tert-OH is 1. The topological polar surface area (TPSA) is 77.8 Å². The Morgan fingerprint density at radius 2 is 1.70 bits per heavy atom. The van der Waals surface area contributed by atoms with Gasteiger partial charge < -0.3 is 15.1 Å². The lowest BCUT2D eigenvalue weighted by molar-refractivity contribution is -0.132. The first-order chi connectivity index (χ1) is 13.0. The lowest BCUT2D eigenvalue weighted by Crippen LogP contribution is -2.40. The number of carboxylic acids is 1. The number of piperidine rings is 1. The van der Waals surface area contributed by atoms with E-state index in [0.717, 1.165) is 5.56 Å². The number of halogens is 1. The molecule has 0 bridgehead atoms. The van der Waals surface area contributed by atoms with Crippen molar-refractivity contribution in [2.45, 2.75) is 25.4 Å². The van der Waals surface area contributed by atoms with E-state index in [2.05, 4.69) is 0 Å². The fourth-order valence-electron chi connectivity index (χ4n) is 3.55. The zero-order valence-electron chi connectivity index (χ0n) is 14.8. The van der Waals surface area contributed by atoms with Gasteiger partial charge >= 0.3 is 5.97 Å². The van der Waals surface area contributed by atoms with Crippen LogP contribution in [0.3, 0.4) is 0 Å². The molecule has 1 fully saturated rings. The maximum atomic E-state index is 12.6. The number of carbonyl (C=O) groups excluding carboxylic acids is 1. The second kappa shape index (κ2) is 8.55. The average Bonchev–Trinajstić information content (AvgIpc) is 2.68. The Bertz CT molecular complexity index is 813. The number of rotatable bonds is 5. The van der Waals surface area contributed by atoms with Gasteiger partial charge in [0, 0.05) is 18.1 Å². The number of nitrogens with zero attached hydrogens (tertiary/aromatic N) is 1. The summed E-state index contributed by atoms with van der Waals surface area (Å²) in [7, 11) is 0. The largest absolute Gasteiger partial charge is 0.478 e. The zero-order chi connectivity index (χ0) is 19.4. The van der Waals surface area contributed by atoms with Crippen LogP contribution in [0.2, 0.25) is 5.02 Å². The van der Waals surface area contributed by atoms with E-state index in [9.17, 15) is 19.8 Å². The number of carboxylic acid groups (broad SMARTS) is 1. The highest BCUT2D eigenvalue weighted by atomic mass is 35.5. The van der Waals surface area contributed by atoms with Crippen molar-refractivity contribution in [2.75, 3.05) is 13.1 Å². The van der Waals surface area contributed by atoms with Crippen molar-refractivity contribution in [3.63, 3.8) is 0 Å². The fraction of sp³-hybridized carbons (Fsp3) is 0.333. The lowest BCUT2D eigenvalue weighted by atomic mass is 9.87. The third-order valence-electron chi connectivity index (χ3n) is 5.14. The van der Waals surface area contributed by atoms with Crippen molar-refractivity contribution >= 4 is 23.5 Å². The molecule has 3 rings (SSSR count). The summed E-state index contributed by atoms with van der Waals surface area (Å²) in [5.74, 6) is -1.02. The SMILES string of the molecule is O=C(O)c1ccccc1CC(=O)N1CCC(C(O)c2ccc(Cl)cc2)CC1. The summed E-state index contributed by atoms with van der Waals surface area (Å²) in [4.78, 5) is 25.6. The number of hydrogen-bond donors (Lipinski definition) is 2. The summed E-state index contributed by atoms with van der Waals surface area (Å²) in [5.41, 5.74) is 1.52. The van der Waals surface area contributed by atoms with Crippen LogP contribution in [0.4, 0.5) is 0 Å². The van der Waals surface area contributed by atoms with E-state index in [0.29, 0.717) is 36.5 Å². The molecule has 2 N–H and O–H groups in total. The minimum absolute atomic E-state index is 0.0763. The number of carbonyl (C=O) groups is 2. The molecule has 0 saturated carbocycles. The maximum absolute atomic E-state index is 12.6. The van der Waals surface area contributed by atoms with Crippen LogP contribution in [-0.2, 0) is 11.2 Å². The van der Waals surface area contributed by atoms with Crippen LogP contribution in [0.15, 0.2) is 48.5 Å².